The number of nitrogens with one attached hydrogen (secondary N) is 1. The Hall–Kier alpha value is -0.580. The van der Waals surface area contributed by atoms with Crippen molar-refractivity contribution in [3.8, 4) is 5.75 Å². The molecule has 3 heterocycles. The van der Waals surface area contributed by atoms with Crippen molar-refractivity contribution >= 4 is 15.9 Å². The van der Waals surface area contributed by atoms with Gasteiger partial charge in [-0.2, -0.15) is 0 Å². The molecule has 3 aliphatic heterocycles. The zero-order valence-electron chi connectivity index (χ0n) is 12.1. The highest BCUT2D eigenvalue weighted by Crippen LogP contribution is 2.29. The maximum absolute atomic E-state index is 5.72. The first-order valence-corrected chi connectivity index (χ1v) is 8.42. The Kier molecular flexibility index (Phi) is 4.64. The topological polar surface area (TPSA) is 24.5 Å². The van der Waals surface area contributed by atoms with Crippen LogP contribution in [0.3, 0.4) is 0 Å². The predicted octanol–water partition coefficient (Wildman–Crippen LogP) is 3.03. The lowest BCUT2D eigenvalue weighted by Gasteiger charge is -2.45. The molecule has 1 N–H and O–H groups in total. The minimum atomic E-state index is 0.644. The Balaban J connectivity index is 1.64. The summed E-state index contributed by atoms with van der Waals surface area (Å²) in [6.45, 7) is 7.45. The second-order valence-electron chi connectivity index (χ2n) is 5.81. The molecule has 0 unspecified atom stereocenters. The van der Waals surface area contributed by atoms with Crippen molar-refractivity contribution in [3.63, 3.8) is 0 Å². The number of benzene rings is 1. The molecule has 0 aromatic heterocycles. The zero-order chi connectivity index (χ0) is 13.9. The van der Waals surface area contributed by atoms with Crippen molar-refractivity contribution in [1.82, 2.24) is 10.2 Å². The van der Waals surface area contributed by atoms with E-state index < -0.39 is 0 Å². The average Bonchev–Trinajstić information content (AvgIpc) is 2.49. The molecule has 3 nitrogen and oxygen atoms in total. The first kappa shape index (κ1) is 14.4. The van der Waals surface area contributed by atoms with Gasteiger partial charge >= 0.3 is 0 Å². The molecule has 3 saturated heterocycles. The van der Waals surface area contributed by atoms with Crippen LogP contribution < -0.4 is 10.1 Å². The second kappa shape index (κ2) is 6.46. The maximum Gasteiger partial charge on any atom is 0.123 e. The van der Waals surface area contributed by atoms with E-state index in [1.165, 1.54) is 38.0 Å². The summed E-state index contributed by atoms with van der Waals surface area (Å²) < 4.78 is 6.84. The first-order chi connectivity index (χ1) is 9.76. The lowest BCUT2D eigenvalue weighted by Crippen LogP contribution is -2.55. The van der Waals surface area contributed by atoms with E-state index in [9.17, 15) is 0 Å². The van der Waals surface area contributed by atoms with Crippen LogP contribution in [0.5, 0.6) is 5.75 Å². The summed E-state index contributed by atoms with van der Waals surface area (Å²) >= 11 is 3.55. The van der Waals surface area contributed by atoms with Crippen LogP contribution in [0.15, 0.2) is 22.7 Å². The third-order valence-corrected chi connectivity index (χ3v) is 5.03. The van der Waals surface area contributed by atoms with Crippen molar-refractivity contribution in [2.45, 2.75) is 32.4 Å². The summed E-state index contributed by atoms with van der Waals surface area (Å²) in [5, 5.41) is 3.75. The standard InChI is InChI=1S/C16H23BrN2O/c1-2-20-16-4-3-14(17)9-13(16)10-18-15-11-19-7-5-12(15)6-8-19/h3-4,9,12,15,18H,2,5-8,10-11H2,1H3/t15-/m0/s1. The predicted molar refractivity (Wildman–Crippen MR) is 85.1 cm³/mol. The van der Waals surface area contributed by atoms with Gasteiger partial charge in [0.2, 0.25) is 0 Å². The monoisotopic (exact) mass is 338 g/mol. The second-order valence-corrected chi connectivity index (χ2v) is 6.73. The van der Waals surface area contributed by atoms with Crippen LogP contribution in [0.2, 0.25) is 0 Å². The van der Waals surface area contributed by atoms with Gasteiger partial charge in [0.1, 0.15) is 5.75 Å². The van der Waals surface area contributed by atoms with Gasteiger partial charge in [0.05, 0.1) is 6.61 Å². The van der Waals surface area contributed by atoms with Crippen LogP contribution in [0.4, 0.5) is 0 Å². The number of halogens is 1. The Bertz CT molecular complexity index is 458. The van der Waals surface area contributed by atoms with E-state index in [0.29, 0.717) is 12.6 Å². The molecular formula is C16H23BrN2O. The van der Waals surface area contributed by atoms with E-state index in [0.717, 1.165) is 22.7 Å². The summed E-state index contributed by atoms with van der Waals surface area (Å²) in [5.41, 5.74) is 1.25. The Morgan fingerprint density at radius 3 is 2.80 bits per heavy atom. The molecule has 1 aromatic rings. The van der Waals surface area contributed by atoms with Crippen LogP contribution in [-0.2, 0) is 6.54 Å². The number of piperidine rings is 3. The van der Waals surface area contributed by atoms with E-state index in [-0.39, 0.29) is 0 Å². The number of nitrogens with zero attached hydrogens (tertiary/aromatic N) is 1. The molecule has 110 valence electrons. The molecule has 2 bridgehead atoms. The van der Waals surface area contributed by atoms with Gasteiger partial charge in [-0.05, 0) is 57.0 Å². The van der Waals surface area contributed by atoms with E-state index in [1.54, 1.807) is 0 Å². The molecule has 3 aliphatic rings. The van der Waals surface area contributed by atoms with Gasteiger partial charge in [-0.25, -0.2) is 0 Å². The molecule has 0 saturated carbocycles. The van der Waals surface area contributed by atoms with Crippen molar-refractivity contribution in [2.24, 2.45) is 5.92 Å². The maximum atomic E-state index is 5.72. The van der Waals surface area contributed by atoms with Gasteiger partial charge < -0.3 is 15.0 Å². The van der Waals surface area contributed by atoms with Gasteiger partial charge in [0.25, 0.3) is 0 Å². The fourth-order valence-corrected chi connectivity index (χ4v) is 3.83. The summed E-state index contributed by atoms with van der Waals surface area (Å²) in [5.74, 6) is 1.87. The zero-order valence-corrected chi connectivity index (χ0v) is 13.7. The van der Waals surface area contributed by atoms with Crippen molar-refractivity contribution in [1.29, 1.82) is 0 Å². The minimum absolute atomic E-state index is 0.644. The number of fused-ring (bicyclic) bond motifs is 3. The minimum Gasteiger partial charge on any atom is -0.494 e. The third-order valence-electron chi connectivity index (χ3n) is 4.53. The smallest absolute Gasteiger partial charge is 0.123 e. The van der Waals surface area contributed by atoms with E-state index in [4.69, 9.17) is 4.74 Å². The molecule has 4 heteroatoms. The number of ether oxygens (including phenoxy) is 1. The quantitative estimate of drug-likeness (QED) is 0.892. The molecule has 0 aliphatic carbocycles. The van der Waals surface area contributed by atoms with Crippen LogP contribution in [0.1, 0.15) is 25.3 Å². The molecule has 3 fully saturated rings. The van der Waals surface area contributed by atoms with Crippen molar-refractivity contribution in [3.05, 3.63) is 28.2 Å². The van der Waals surface area contributed by atoms with Crippen LogP contribution in [-0.4, -0.2) is 37.2 Å². The molecule has 0 radical (unpaired) electrons. The number of hydrogen-bond acceptors (Lipinski definition) is 3. The normalized spacial score (nSPS) is 28.6. The van der Waals surface area contributed by atoms with E-state index >= 15 is 0 Å². The van der Waals surface area contributed by atoms with Gasteiger partial charge in [-0.3, -0.25) is 0 Å². The highest BCUT2D eigenvalue weighted by Gasteiger charge is 2.33. The molecule has 4 rings (SSSR count). The fourth-order valence-electron chi connectivity index (χ4n) is 3.42. The van der Waals surface area contributed by atoms with Crippen LogP contribution >= 0.6 is 15.9 Å². The number of hydrogen-bond donors (Lipinski definition) is 1. The van der Waals surface area contributed by atoms with E-state index in [1.807, 2.05) is 13.0 Å². The van der Waals surface area contributed by atoms with Gasteiger partial charge in [0.15, 0.2) is 0 Å². The fraction of sp³-hybridized carbons (Fsp3) is 0.625. The summed E-state index contributed by atoms with van der Waals surface area (Å²) in [6, 6.07) is 6.91. The largest absolute Gasteiger partial charge is 0.494 e. The number of rotatable bonds is 5. The average molecular weight is 339 g/mol. The molecule has 0 spiro atoms. The first-order valence-electron chi connectivity index (χ1n) is 7.63. The molecular weight excluding hydrogens is 316 g/mol. The van der Waals surface area contributed by atoms with Gasteiger partial charge in [0, 0.05) is 29.2 Å². The Morgan fingerprint density at radius 1 is 1.35 bits per heavy atom. The highest BCUT2D eigenvalue weighted by molar-refractivity contribution is 9.10. The van der Waals surface area contributed by atoms with Gasteiger partial charge in [-0.15, -0.1) is 0 Å². The van der Waals surface area contributed by atoms with E-state index in [2.05, 4.69) is 38.3 Å². The lowest BCUT2D eigenvalue weighted by molar-refractivity contribution is 0.0719. The van der Waals surface area contributed by atoms with Crippen LogP contribution in [0, 0.1) is 5.92 Å². The van der Waals surface area contributed by atoms with Crippen molar-refractivity contribution < 1.29 is 4.74 Å². The summed E-state index contributed by atoms with van der Waals surface area (Å²) in [6.07, 6.45) is 2.71. The third kappa shape index (κ3) is 3.18. The SMILES string of the molecule is CCOc1ccc(Br)cc1CN[C@H]1CN2CCC1CC2. The Labute approximate surface area is 129 Å². The summed E-state index contributed by atoms with van der Waals surface area (Å²) in [7, 11) is 0. The molecule has 20 heavy (non-hydrogen) atoms. The van der Waals surface area contributed by atoms with Crippen molar-refractivity contribution in [2.75, 3.05) is 26.2 Å². The molecule has 1 aromatic carbocycles. The van der Waals surface area contributed by atoms with Gasteiger partial charge in [-0.1, -0.05) is 15.9 Å². The Morgan fingerprint density at radius 2 is 2.15 bits per heavy atom. The lowest BCUT2D eigenvalue weighted by atomic mass is 9.84. The molecule has 0 amide bonds. The highest BCUT2D eigenvalue weighted by atomic mass is 79.9. The summed E-state index contributed by atoms with van der Waals surface area (Å²) in [4.78, 5) is 2.59. The molecule has 1 atom stereocenters. The van der Waals surface area contributed by atoms with Crippen LogP contribution in [0.25, 0.3) is 0 Å².